The molecule has 3 heterocycles. The van der Waals surface area contributed by atoms with Crippen LogP contribution in [0.5, 0.6) is 0 Å². The Bertz CT molecular complexity index is 1560. The lowest BCUT2D eigenvalue weighted by atomic mass is 9.99. The monoisotopic (exact) mass is 670 g/mol. The van der Waals surface area contributed by atoms with Crippen LogP contribution in [-0.4, -0.2) is 80.8 Å². The van der Waals surface area contributed by atoms with Crippen molar-refractivity contribution >= 4 is 23.6 Å². The number of ketones is 2. The van der Waals surface area contributed by atoms with E-state index in [1.165, 1.54) is 18.2 Å². The van der Waals surface area contributed by atoms with E-state index in [0.29, 0.717) is 12.8 Å². The van der Waals surface area contributed by atoms with E-state index >= 15 is 0 Å². The Morgan fingerprint density at radius 3 is 1.96 bits per heavy atom. The molecule has 262 valence electrons. The predicted octanol–water partition coefficient (Wildman–Crippen LogP) is 4.51. The Balaban J connectivity index is 1.74. The molecule has 0 spiro atoms. The highest BCUT2D eigenvalue weighted by Gasteiger charge is 2.29. The first kappa shape index (κ1) is 38.0. The zero-order chi connectivity index (χ0) is 35.4. The van der Waals surface area contributed by atoms with Gasteiger partial charge in [-0.2, -0.15) is 0 Å². The molecule has 2 atom stereocenters. The zero-order valence-corrected chi connectivity index (χ0v) is 28.5. The van der Waals surface area contributed by atoms with Crippen molar-refractivity contribution in [2.75, 3.05) is 26.4 Å². The SMILES string of the molecule is CCCc1oc(C(CO)CC(=O)c2cccc(C(=O)CC(CO)c3nc(C(=O)OCC)c(CCNC(=O)OC(C)(C)C)o3)n2)nc1CC. The van der Waals surface area contributed by atoms with Crippen LogP contribution in [0.1, 0.15) is 133 Å². The van der Waals surface area contributed by atoms with Gasteiger partial charge in [0, 0.05) is 32.2 Å². The summed E-state index contributed by atoms with van der Waals surface area (Å²) in [6, 6.07) is 4.45. The van der Waals surface area contributed by atoms with E-state index in [-0.39, 0.29) is 73.6 Å². The van der Waals surface area contributed by atoms with Gasteiger partial charge in [-0.25, -0.2) is 24.5 Å². The van der Waals surface area contributed by atoms with Gasteiger partial charge in [-0.1, -0.05) is 19.9 Å². The van der Waals surface area contributed by atoms with Crippen molar-refractivity contribution in [3.05, 3.63) is 64.3 Å². The third kappa shape index (κ3) is 10.5. The zero-order valence-electron chi connectivity index (χ0n) is 28.5. The van der Waals surface area contributed by atoms with E-state index in [2.05, 4.69) is 20.3 Å². The number of Topliss-reactive ketones (excluding diaryl/α,β-unsaturated/α-hetero) is 2. The van der Waals surface area contributed by atoms with E-state index < -0.39 is 47.7 Å². The van der Waals surface area contributed by atoms with Crippen molar-refractivity contribution < 1.29 is 47.7 Å². The molecule has 3 rings (SSSR count). The van der Waals surface area contributed by atoms with Crippen molar-refractivity contribution in [1.29, 1.82) is 0 Å². The molecule has 0 saturated carbocycles. The highest BCUT2D eigenvalue weighted by molar-refractivity contribution is 5.98. The summed E-state index contributed by atoms with van der Waals surface area (Å²) in [7, 11) is 0. The molecule has 0 radical (unpaired) electrons. The average molecular weight is 671 g/mol. The topological polar surface area (TPSA) is 204 Å². The van der Waals surface area contributed by atoms with E-state index in [9.17, 15) is 29.4 Å². The lowest BCUT2D eigenvalue weighted by Gasteiger charge is -2.19. The van der Waals surface area contributed by atoms with Gasteiger partial charge in [-0.3, -0.25) is 9.59 Å². The van der Waals surface area contributed by atoms with E-state index in [1.807, 2.05) is 13.8 Å². The van der Waals surface area contributed by atoms with Crippen LogP contribution >= 0.6 is 0 Å². The Hall–Kier alpha value is -4.43. The molecule has 14 heteroatoms. The summed E-state index contributed by atoms with van der Waals surface area (Å²) >= 11 is 0. The van der Waals surface area contributed by atoms with Gasteiger partial charge < -0.3 is 33.8 Å². The number of hydrogen-bond donors (Lipinski definition) is 3. The molecule has 0 aromatic carbocycles. The largest absolute Gasteiger partial charge is 0.461 e. The number of oxazole rings is 2. The maximum Gasteiger partial charge on any atom is 0.407 e. The molecule has 0 saturated heterocycles. The summed E-state index contributed by atoms with van der Waals surface area (Å²) in [5, 5.41) is 22.8. The molecule has 0 bridgehead atoms. The van der Waals surface area contributed by atoms with Crippen LogP contribution in [0.15, 0.2) is 27.0 Å². The van der Waals surface area contributed by atoms with Gasteiger partial charge in [0.2, 0.25) is 11.8 Å². The summed E-state index contributed by atoms with van der Waals surface area (Å²) in [4.78, 5) is 64.2. The van der Waals surface area contributed by atoms with Gasteiger partial charge in [0.15, 0.2) is 17.3 Å². The van der Waals surface area contributed by atoms with Gasteiger partial charge >= 0.3 is 12.1 Å². The number of nitrogens with one attached hydrogen (secondary N) is 1. The lowest BCUT2D eigenvalue weighted by molar-refractivity contribution is 0.0515. The number of alkyl carbamates (subject to hydrolysis) is 1. The van der Waals surface area contributed by atoms with Crippen molar-refractivity contribution in [1.82, 2.24) is 20.3 Å². The van der Waals surface area contributed by atoms with Crippen LogP contribution in [0.4, 0.5) is 4.79 Å². The highest BCUT2D eigenvalue weighted by Crippen LogP contribution is 2.26. The highest BCUT2D eigenvalue weighted by atomic mass is 16.6. The van der Waals surface area contributed by atoms with Gasteiger partial charge in [-0.15, -0.1) is 0 Å². The van der Waals surface area contributed by atoms with Gasteiger partial charge in [0.1, 0.15) is 28.5 Å². The van der Waals surface area contributed by atoms with Crippen molar-refractivity contribution in [3.63, 3.8) is 0 Å². The molecule has 2 unspecified atom stereocenters. The second kappa shape index (κ2) is 17.6. The van der Waals surface area contributed by atoms with Crippen LogP contribution < -0.4 is 5.32 Å². The molecular weight excluding hydrogens is 624 g/mol. The number of carbonyl (C=O) groups excluding carboxylic acids is 4. The van der Waals surface area contributed by atoms with E-state index in [1.54, 1.807) is 27.7 Å². The summed E-state index contributed by atoms with van der Waals surface area (Å²) < 4.78 is 22.0. The average Bonchev–Trinajstić information content (AvgIpc) is 3.66. The van der Waals surface area contributed by atoms with Crippen molar-refractivity contribution in [2.45, 2.75) is 97.5 Å². The number of hydrogen-bond acceptors (Lipinski definition) is 13. The molecule has 3 aromatic rings. The van der Waals surface area contributed by atoms with E-state index in [0.717, 1.165) is 17.9 Å². The van der Waals surface area contributed by atoms with Crippen LogP contribution in [-0.2, 0) is 28.7 Å². The van der Waals surface area contributed by atoms with Crippen LogP contribution in [0.3, 0.4) is 0 Å². The number of aromatic nitrogens is 3. The minimum atomic E-state index is -0.951. The van der Waals surface area contributed by atoms with Gasteiger partial charge in [0.25, 0.3) is 0 Å². The third-order valence-electron chi connectivity index (χ3n) is 7.13. The first-order valence-corrected chi connectivity index (χ1v) is 16.2. The van der Waals surface area contributed by atoms with Crippen LogP contribution in [0, 0.1) is 0 Å². The number of esters is 1. The molecule has 0 fully saturated rings. The standard InChI is InChI=1S/C34H46N4O10/c1-7-11-27-22(8-2)37-30(46-27)20(18-39)16-25(41)23-12-10-13-24(36-23)26(42)17-21(19-40)31-38-29(32(43)45-9-3)28(47-31)14-15-35-33(44)48-34(4,5)6/h10,12-13,20-21,39-40H,7-9,11,14-19H2,1-6H3,(H,35,44). The number of nitrogens with zero attached hydrogens (tertiary/aromatic N) is 3. The first-order chi connectivity index (χ1) is 22.8. The molecular formula is C34H46N4O10. The summed E-state index contributed by atoms with van der Waals surface area (Å²) in [6.07, 6.45) is 1.21. The van der Waals surface area contributed by atoms with Crippen LogP contribution in [0.25, 0.3) is 0 Å². The fourth-order valence-electron chi connectivity index (χ4n) is 4.80. The molecule has 1 amide bonds. The van der Waals surface area contributed by atoms with Crippen molar-refractivity contribution in [3.8, 4) is 0 Å². The Morgan fingerprint density at radius 2 is 1.44 bits per heavy atom. The Morgan fingerprint density at radius 1 is 0.854 bits per heavy atom. The lowest BCUT2D eigenvalue weighted by Crippen LogP contribution is -2.33. The van der Waals surface area contributed by atoms with Crippen molar-refractivity contribution in [2.24, 2.45) is 0 Å². The molecule has 0 aliphatic heterocycles. The molecule has 0 aliphatic carbocycles. The van der Waals surface area contributed by atoms with Gasteiger partial charge in [-0.05, 0) is 52.7 Å². The number of aliphatic hydroxyl groups is 2. The Labute approximate surface area is 279 Å². The molecule has 14 nitrogen and oxygen atoms in total. The summed E-state index contributed by atoms with van der Waals surface area (Å²) in [6.45, 7) is 10.0. The number of amides is 1. The number of rotatable bonds is 18. The molecule has 0 aliphatic rings. The molecule has 3 aromatic heterocycles. The number of carbonyl (C=O) groups is 4. The van der Waals surface area contributed by atoms with Crippen LogP contribution in [0.2, 0.25) is 0 Å². The second-order valence-corrected chi connectivity index (χ2v) is 12.2. The van der Waals surface area contributed by atoms with E-state index in [4.69, 9.17) is 18.3 Å². The number of ether oxygens (including phenoxy) is 2. The summed E-state index contributed by atoms with van der Waals surface area (Å²) in [5.74, 6) is -2.23. The maximum atomic E-state index is 13.3. The summed E-state index contributed by atoms with van der Waals surface area (Å²) in [5.41, 5.74) is -0.0258. The fraction of sp³-hybridized carbons (Fsp3) is 0.559. The quantitative estimate of drug-likeness (QED) is 0.126. The minimum absolute atomic E-state index is 0.0200. The fourth-order valence-corrected chi connectivity index (χ4v) is 4.80. The third-order valence-corrected chi connectivity index (χ3v) is 7.13. The first-order valence-electron chi connectivity index (χ1n) is 16.2. The number of aryl methyl sites for hydroxylation is 2. The normalized spacial score (nSPS) is 12.8. The number of aliphatic hydroxyl groups excluding tert-OH is 2. The molecule has 3 N–H and O–H groups in total. The smallest absolute Gasteiger partial charge is 0.407 e. The molecule has 48 heavy (non-hydrogen) atoms. The predicted molar refractivity (Wildman–Crippen MR) is 172 cm³/mol. The minimum Gasteiger partial charge on any atom is -0.461 e. The Kier molecular flexibility index (Phi) is 14.0. The second-order valence-electron chi connectivity index (χ2n) is 12.2. The number of pyridine rings is 1. The van der Waals surface area contributed by atoms with Gasteiger partial charge in [0.05, 0.1) is 37.4 Å². The maximum absolute atomic E-state index is 13.3.